The minimum Gasteiger partial charge on any atom is -0.337 e. The van der Waals surface area contributed by atoms with E-state index in [1.54, 1.807) is 6.20 Å². The second-order valence-electron chi connectivity index (χ2n) is 15.9. The summed E-state index contributed by atoms with van der Waals surface area (Å²) in [6.45, 7) is 2.41. The van der Waals surface area contributed by atoms with Gasteiger partial charge in [-0.1, -0.05) is 6.92 Å². The van der Waals surface area contributed by atoms with Gasteiger partial charge in [-0.15, -0.1) is 0 Å². The molecule has 4 atom stereocenters. The van der Waals surface area contributed by atoms with Gasteiger partial charge in [0.05, 0.1) is 28.1 Å². The minimum absolute atomic E-state index is 0.157. The highest BCUT2D eigenvalue weighted by molar-refractivity contribution is 5.97. The second kappa shape index (κ2) is 8.67. The van der Waals surface area contributed by atoms with Crippen LogP contribution in [0.4, 0.5) is 11.5 Å². The van der Waals surface area contributed by atoms with Gasteiger partial charge < -0.3 is 15.6 Å². The summed E-state index contributed by atoms with van der Waals surface area (Å²) in [4.78, 5) is 39.9. The van der Waals surface area contributed by atoms with Crippen LogP contribution in [-0.2, 0) is 9.59 Å². The molecule has 7 nitrogen and oxygen atoms in total. The third-order valence-electron chi connectivity index (χ3n) is 12.4. The lowest BCUT2D eigenvalue weighted by molar-refractivity contribution is -0.149. The largest absolute Gasteiger partial charge is 0.337 e. The van der Waals surface area contributed by atoms with Crippen LogP contribution in [0.3, 0.4) is 0 Å². The monoisotopic (exact) mass is 563 g/mol. The van der Waals surface area contributed by atoms with Crippen molar-refractivity contribution in [2.75, 3.05) is 10.6 Å². The number of rotatable bonds is 5. The van der Waals surface area contributed by atoms with Crippen molar-refractivity contribution in [3.63, 3.8) is 0 Å². The minimum atomic E-state index is -0.201. The van der Waals surface area contributed by atoms with Crippen molar-refractivity contribution in [2.24, 2.45) is 45.8 Å². The van der Waals surface area contributed by atoms with Crippen LogP contribution in [0, 0.1) is 45.8 Å². The highest BCUT2D eigenvalue weighted by Crippen LogP contribution is 2.65. The summed E-state index contributed by atoms with van der Waals surface area (Å²) >= 11 is 0. The van der Waals surface area contributed by atoms with Crippen LogP contribution in [0.5, 0.6) is 0 Å². The van der Waals surface area contributed by atoms with Gasteiger partial charge in [0, 0.05) is 17.3 Å². The molecule has 0 saturated heterocycles. The summed E-state index contributed by atoms with van der Waals surface area (Å²) in [5, 5.41) is 6.45. The molecule has 2 aromatic heterocycles. The average Bonchev–Trinajstić information content (AvgIpc) is 3.35. The first-order valence-corrected chi connectivity index (χ1v) is 16.3. The number of imidazole rings is 1. The van der Waals surface area contributed by atoms with E-state index >= 15 is 0 Å². The Hall–Kier alpha value is -3.22. The molecule has 3 N–H and O–H groups in total. The van der Waals surface area contributed by atoms with Crippen LogP contribution < -0.4 is 10.6 Å². The van der Waals surface area contributed by atoms with E-state index in [4.69, 9.17) is 4.98 Å². The Morgan fingerprint density at radius 3 is 2.02 bits per heavy atom. The molecule has 8 fully saturated rings. The number of H-pyrrole nitrogens is 1. The number of hydrogen-bond acceptors (Lipinski definition) is 4. The Morgan fingerprint density at radius 1 is 0.786 bits per heavy atom. The average molecular weight is 564 g/mol. The van der Waals surface area contributed by atoms with Crippen LogP contribution >= 0.6 is 0 Å². The van der Waals surface area contributed by atoms with Crippen LogP contribution in [0.2, 0.25) is 0 Å². The van der Waals surface area contributed by atoms with Crippen molar-refractivity contribution in [3.05, 3.63) is 36.5 Å². The van der Waals surface area contributed by atoms with Gasteiger partial charge in [-0.05, 0) is 136 Å². The van der Waals surface area contributed by atoms with Gasteiger partial charge in [-0.25, -0.2) is 9.97 Å². The molecule has 1 aromatic carbocycles. The molecule has 0 spiro atoms. The van der Waals surface area contributed by atoms with E-state index in [-0.39, 0.29) is 22.6 Å². The number of carbonyl (C=O) groups excluding carboxylic acids is 2. The number of nitrogens with zero attached hydrogens (tertiary/aromatic N) is 2. The Bertz CT molecular complexity index is 1560. The zero-order valence-corrected chi connectivity index (χ0v) is 24.5. The van der Waals surface area contributed by atoms with Crippen LogP contribution in [0.25, 0.3) is 22.4 Å². The number of anilines is 2. The Kier molecular flexibility index (Phi) is 5.22. The first-order chi connectivity index (χ1) is 20.2. The lowest BCUT2D eigenvalue weighted by Gasteiger charge is -2.60. The molecule has 8 saturated carbocycles. The first-order valence-electron chi connectivity index (χ1n) is 16.3. The molecule has 1 unspecified atom stereocenters. The maximum Gasteiger partial charge on any atom is 0.231 e. The molecule has 42 heavy (non-hydrogen) atoms. The molecule has 8 aliphatic carbocycles. The topological polar surface area (TPSA) is 99.8 Å². The Morgan fingerprint density at radius 2 is 1.38 bits per heavy atom. The van der Waals surface area contributed by atoms with Gasteiger partial charge in [0.2, 0.25) is 11.8 Å². The normalized spacial score (nSPS) is 39.1. The molecule has 0 aliphatic heterocycles. The van der Waals surface area contributed by atoms with Crippen molar-refractivity contribution in [1.29, 1.82) is 0 Å². The third kappa shape index (κ3) is 3.98. The molecule has 8 bridgehead atoms. The van der Waals surface area contributed by atoms with E-state index in [0.29, 0.717) is 11.2 Å². The number of fused-ring (bicyclic) bond motifs is 1. The molecular weight excluding hydrogens is 522 g/mol. The number of aromatic amines is 1. The van der Waals surface area contributed by atoms with E-state index < -0.39 is 0 Å². The van der Waals surface area contributed by atoms with Gasteiger partial charge in [-0.3, -0.25) is 9.59 Å². The van der Waals surface area contributed by atoms with Gasteiger partial charge in [0.25, 0.3) is 0 Å². The van der Waals surface area contributed by atoms with Crippen LogP contribution in [0.1, 0.15) is 84.0 Å². The van der Waals surface area contributed by atoms with Crippen molar-refractivity contribution in [2.45, 2.75) is 84.0 Å². The Labute approximate surface area is 247 Å². The van der Waals surface area contributed by atoms with E-state index in [9.17, 15) is 9.59 Å². The fourth-order valence-corrected chi connectivity index (χ4v) is 11.7. The molecule has 2 amide bonds. The molecule has 218 valence electrons. The summed E-state index contributed by atoms with van der Waals surface area (Å²) in [5.74, 6) is 5.33. The van der Waals surface area contributed by atoms with Crippen molar-refractivity contribution in [3.8, 4) is 11.4 Å². The van der Waals surface area contributed by atoms with Crippen LogP contribution in [0.15, 0.2) is 36.5 Å². The molecule has 8 aliphatic rings. The molecule has 0 radical (unpaired) electrons. The van der Waals surface area contributed by atoms with E-state index in [0.717, 1.165) is 96.2 Å². The third-order valence-corrected chi connectivity index (χ3v) is 12.4. The fraction of sp³-hybridized carbons (Fsp3) is 0.600. The van der Waals surface area contributed by atoms with E-state index in [2.05, 4.69) is 27.5 Å². The fourth-order valence-electron chi connectivity index (χ4n) is 11.7. The quantitative estimate of drug-likeness (QED) is 0.303. The predicted octanol–water partition coefficient (Wildman–Crippen LogP) is 7.32. The number of nitrogens with one attached hydrogen (secondary N) is 3. The summed E-state index contributed by atoms with van der Waals surface area (Å²) < 4.78 is 0. The van der Waals surface area contributed by atoms with E-state index in [1.165, 1.54) is 38.5 Å². The number of hydrogen-bond donors (Lipinski definition) is 3. The van der Waals surface area contributed by atoms with E-state index in [1.807, 2.05) is 30.3 Å². The number of pyridine rings is 1. The molecule has 3 aromatic rings. The highest BCUT2D eigenvalue weighted by Gasteiger charge is 2.59. The number of aromatic nitrogens is 3. The van der Waals surface area contributed by atoms with Crippen LogP contribution in [-0.4, -0.2) is 26.8 Å². The maximum absolute atomic E-state index is 13.6. The SMILES string of the molecule is C[C@@]12C[C@@H]3C[C@@H](CC(C(=O)Nc4ccc(-c5nc6cc(NC(=O)C78CC9CC(CC(C9)C7)C8)ncc6[nH]5)cc4)(C3)C1)C2. The summed E-state index contributed by atoms with van der Waals surface area (Å²) in [7, 11) is 0. The lowest BCUT2D eigenvalue weighted by atomic mass is 9.44. The molecule has 7 heteroatoms. The second-order valence-corrected chi connectivity index (χ2v) is 15.9. The van der Waals surface area contributed by atoms with Gasteiger partial charge >= 0.3 is 0 Å². The standard InChI is InChI=1S/C35H41N5O2/c1-33-11-23-9-24(12-33)17-35(16-23,19-33)32(42)37-26-4-2-25(3-5-26)30-38-27-10-29(36-18-28(27)39-30)40-31(41)34-13-20-6-21(14-34)8-22(7-20)15-34/h2-5,10,18,20-24H,6-9,11-17,19H2,1H3,(H,37,42)(H,38,39)(H,36,40,41)/t20?,21?,22?,23-,24+,33-,34?,35?. The number of benzene rings is 1. The zero-order valence-electron chi connectivity index (χ0n) is 24.5. The predicted molar refractivity (Wildman–Crippen MR) is 162 cm³/mol. The van der Waals surface area contributed by atoms with Crippen molar-refractivity contribution >= 4 is 34.4 Å². The van der Waals surface area contributed by atoms with Crippen molar-refractivity contribution < 1.29 is 9.59 Å². The zero-order chi connectivity index (χ0) is 28.3. The summed E-state index contributed by atoms with van der Waals surface area (Å²) in [6.07, 6.45) is 15.9. The number of amides is 2. The molecule has 2 heterocycles. The summed E-state index contributed by atoms with van der Waals surface area (Å²) in [6, 6.07) is 9.87. The lowest BCUT2D eigenvalue weighted by Crippen LogP contribution is -2.55. The first kappa shape index (κ1) is 25.3. The van der Waals surface area contributed by atoms with Gasteiger partial charge in [0.15, 0.2) is 0 Å². The number of carbonyl (C=O) groups is 2. The highest BCUT2D eigenvalue weighted by atomic mass is 16.2. The summed E-state index contributed by atoms with van der Waals surface area (Å²) in [5.41, 5.74) is 3.37. The van der Waals surface area contributed by atoms with Gasteiger partial charge in [-0.2, -0.15) is 0 Å². The smallest absolute Gasteiger partial charge is 0.231 e. The van der Waals surface area contributed by atoms with Crippen molar-refractivity contribution in [1.82, 2.24) is 15.0 Å². The maximum atomic E-state index is 13.6. The Balaban J connectivity index is 0.897. The molecular formula is C35H41N5O2. The molecule has 11 rings (SSSR count). The van der Waals surface area contributed by atoms with Gasteiger partial charge in [0.1, 0.15) is 11.6 Å².